The molecule has 0 N–H and O–H groups in total. The molecule has 0 fully saturated rings. The van der Waals surface area contributed by atoms with Gasteiger partial charge in [-0.15, -0.1) is 0 Å². The average molecular weight is 877 g/mol. The summed E-state index contributed by atoms with van der Waals surface area (Å²) in [6.45, 7) is 6.41. The van der Waals surface area contributed by atoms with E-state index in [9.17, 15) is 14.4 Å². The molecule has 1 unspecified atom stereocenters. The monoisotopic (exact) mass is 877 g/mol. The second-order valence-corrected chi connectivity index (χ2v) is 17.2. The van der Waals surface area contributed by atoms with Crippen molar-refractivity contribution in [2.75, 3.05) is 13.2 Å². The fourth-order valence-electron chi connectivity index (χ4n) is 7.11. The number of rotatable bonds is 46. The van der Waals surface area contributed by atoms with Crippen molar-refractivity contribution >= 4 is 17.9 Å². The third-order valence-electron chi connectivity index (χ3n) is 11.0. The van der Waals surface area contributed by atoms with E-state index >= 15 is 0 Å². The molecule has 63 heavy (non-hydrogen) atoms. The maximum atomic E-state index is 12.8. The highest BCUT2D eigenvalue weighted by atomic mass is 16.6. The van der Waals surface area contributed by atoms with E-state index in [0.717, 1.165) is 64.2 Å². The van der Waals surface area contributed by atoms with Gasteiger partial charge < -0.3 is 14.2 Å². The van der Waals surface area contributed by atoms with Crippen LogP contribution in [0.2, 0.25) is 0 Å². The Balaban J connectivity index is 4.50. The predicted octanol–water partition coefficient (Wildman–Crippen LogP) is 17.2. The Morgan fingerprint density at radius 3 is 1.06 bits per heavy atom. The van der Waals surface area contributed by atoms with E-state index in [1.165, 1.54) is 128 Å². The van der Waals surface area contributed by atoms with Crippen LogP contribution >= 0.6 is 0 Å². The van der Waals surface area contributed by atoms with Crippen LogP contribution in [0.4, 0.5) is 0 Å². The zero-order chi connectivity index (χ0) is 45.8. The van der Waals surface area contributed by atoms with Crippen LogP contribution in [0.15, 0.2) is 85.1 Å². The highest BCUT2D eigenvalue weighted by Gasteiger charge is 2.19. The summed E-state index contributed by atoms with van der Waals surface area (Å²) in [4.78, 5) is 37.9. The number of hydrogen-bond donors (Lipinski definition) is 0. The molecule has 0 bridgehead atoms. The molecule has 1 atom stereocenters. The molecule has 0 aliphatic carbocycles. The highest BCUT2D eigenvalue weighted by Crippen LogP contribution is 2.15. The molecule has 0 radical (unpaired) electrons. The number of unbranched alkanes of at least 4 members (excludes halogenated alkanes) is 26. The topological polar surface area (TPSA) is 78.9 Å². The quantitative estimate of drug-likeness (QED) is 0.0262. The molecule has 360 valence electrons. The Hall–Kier alpha value is -3.41. The Morgan fingerprint density at radius 1 is 0.333 bits per heavy atom. The van der Waals surface area contributed by atoms with E-state index < -0.39 is 6.10 Å². The number of carbonyl (C=O) groups excluding carboxylic acids is 3. The minimum Gasteiger partial charge on any atom is -0.462 e. The number of ether oxygens (including phenoxy) is 3. The van der Waals surface area contributed by atoms with Gasteiger partial charge in [0, 0.05) is 19.3 Å². The van der Waals surface area contributed by atoms with Gasteiger partial charge >= 0.3 is 17.9 Å². The van der Waals surface area contributed by atoms with E-state index in [4.69, 9.17) is 14.2 Å². The van der Waals surface area contributed by atoms with Crippen LogP contribution in [0.1, 0.15) is 239 Å². The van der Waals surface area contributed by atoms with Crippen LogP contribution in [0.25, 0.3) is 0 Å². The molecular formula is C57H96O6. The molecule has 0 heterocycles. The van der Waals surface area contributed by atoms with Crippen molar-refractivity contribution in [3.05, 3.63) is 85.1 Å². The molecule has 0 aromatic heterocycles. The van der Waals surface area contributed by atoms with Crippen molar-refractivity contribution in [2.45, 2.75) is 245 Å². The summed E-state index contributed by atoms with van der Waals surface area (Å²) in [5.74, 6) is -1.01. The Bertz CT molecular complexity index is 1240. The van der Waals surface area contributed by atoms with Crippen molar-refractivity contribution < 1.29 is 28.6 Å². The molecule has 6 nitrogen and oxygen atoms in total. The molecule has 0 aromatic carbocycles. The van der Waals surface area contributed by atoms with E-state index in [1.807, 2.05) is 54.7 Å². The van der Waals surface area contributed by atoms with Crippen LogP contribution in [0.3, 0.4) is 0 Å². The fourth-order valence-corrected chi connectivity index (χ4v) is 7.11. The molecule has 0 aliphatic rings. The minimum atomic E-state index is -0.814. The van der Waals surface area contributed by atoms with Crippen molar-refractivity contribution in [2.24, 2.45) is 0 Å². The Morgan fingerprint density at radius 2 is 0.635 bits per heavy atom. The van der Waals surface area contributed by atoms with Crippen molar-refractivity contribution in [1.29, 1.82) is 0 Å². The molecule has 0 spiro atoms. The lowest BCUT2D eigenvalue weighted by atomic mass is 10.0. The number of hydrogen-bond acceptors (Lipinski definition) is 6. The molecular weight excluding hydrogens is 781 g/mol. The smallest absolute Gasteiger partial charge is 0.306 e. The zero-order valence-electron chi connectivity index (χ0n) is 41.1. The van der Waals surface area contributed by atoms with Gasteiger partial charge in [-0.25, -0.2) is 0 Å². The van der Waals surface area contributed by atoms with Gasteiger partial charge in [-0.2, -0.15) is 0 Å². The first kappa shape index (κ1) is 59.6. The van der Waals surface area contributed by atoms with E-state index in [2.05, 4.69) is 51.2 Å². The van der Waals surface area contributed by atoms with Gasteiger partial charge in [0.05, 0.1) is 0 Å². The standard InChI is InChI=1S/C57H96O6/c1-4-7-10-13-16-19-22-25-27-29-32-35-38-41-44-47-50-56(59)62-53-54(52-61-55(58)49-46-43-40-37-34-31-24-21-18-15-12-9-6-3)63-57(60)51-48-45-42-39-36-33-30-28-26-23-20-17-14-11-8-5-2/h9,12,15,18,21,24,27,29,31-32,34-35,37,40,54H,4-8,10-11,13-14,16-17,19-20,22-23,25-26,28,30,33,36,38-39,41-53H2,1-3H3/b12-9-,18-15-,24-21-,29-27-,34-31-,35-32-,40-37-. The molecule has 0 saturated heterocycles. The summed E-state index contributed by atoms with van der Waals surface area (Å²) in [6, 6.07) is 0. The summed E-state index contributed by atoms with van der Waals surface area (Å²) >= 11 is 0. The molecule has 0 rings (SSSR count). The normalized spacial score (nSPS) is 12.7. The van der Waals surface area contributed by atoms with E-state index in [1.54, 1.807) is 0 Å². The van der Waals surface area contributed by atoms with Crippen LogP contribution in [-0.4, -0.2) is 37.2 Å². The van der Waals surface area contributed by atoms with Gasteiger partial charge in [0.15, 0.2) is 6.10 Å². The van der Waals surface area contributed by atoms with Crippen molar-refractivity contribution in [3.63, 3.8) is 0 Å². The highest BCUT2D eigenvalue weighted by molar-refractivity contribution is 5.71. The first-order valence-electron chi connectivity index (χ1n) is 26.2. The summed E-state index contributed by atoms with van der Waals surface area (Å²) in [6.07, 6.45) is 65.8. The molecule has 0 aromatic rings. The summed E-state index contributed by atoms with van der Waals surface area (Å²) in [5.41, 5.74) is 0. The third kappa shape index (κ3) is 49.5. The van der Waals surface area contributed by atoms with Crippen molar-refractivity contribution in [1.82, 2.24) is 0 Å². The van der Waals surface area contributed by atoms with E-state index in [-0.39, 0.29) is 37.5 Å². The first-order chi connectivity index (χ1) is 31.0. The van der Waals surface area contributed by atoms with Gasteiger partial charge in [-0.1, -0.05) is 247 Å². The van der Waals surface area contributed by atoms with E-state index in [0.29, 0.717) is 19.3 Å². The van der Waals surface area contributed by atoms with Crippen LogP contribution in [-0.2, 0) is 28.6 Å². The SMILES string of the molecule is CC\C=C/C=C\C=C/C=C\C=C/CCCC(=O)OCC(COC(=O)CCCCC/C=C\C=C/CCCCCCCCC)OC(=O)CCCCCCCCCCCCCCCCCC. The van der Waals surface area contributed by atoms with Crippen LogP contribution in [0.5, 0.6) is 0 Å². The lowest BCUT2D eigenvalue weighted by Gasteiger charge is -2.18. The maximum Gasteiger partial charge on any atom is 0.306 e. The number of esters is 3. The van der Waals surface area contributed by atoms with Gasteiger partial charge in [0.25, 0.3) is 0 Å². The first-order valence-corrected chi connectivity index (χ1v) is 26.2. The van der Waals surface area contributed by atoms with Crippen LogP contribution in [0, 0.1) is 0 Å². The summed E-state index contributed by atoms with van der Waals surface area (Å²) < 4.78 is 16.7. The second-order valence-electron chi connectivity index (χ2n) is 17.2. The van der Waals surface area contributed by atoms with Crippen LogP contribution < -0.4 is 0 Å². The predicted molar refractivity (Wildman–Crippen MR) is 270 cm³/mol. The van der Waals surface area contributed by atoms with Gasteiger partial charge in [-0.05, 0) is 57.8 Å². The maximum absolute atomic E-state index is 12.8. The molecule has 0 amide bonds. The van der Waals surface area contributed by atoms with Crippen molar-refractivity contribution in [3.8, 4) is 0 Å². The largest absolute Gasteiger partial charge is 0.462 e. The molecule has 0 aliphatic heterocycles. The summed E-state index contributed by atoms with van der Waals surface area (Å²) in [5, 5.41) is 0. The molecule has 6 heteroatoms. The zero-order valence-corrected chi connectivity index (χ0v) is 41.1. The average Bonchev–Trinajstić information content (AvgIpc) is 3.28. The Labute approximate surface area is 388 Å². The Kier molecular flexibility index (Phi) is 48.5. The lowest BCUT2D eigenvalue weighted by Crippen LogP contribution is -2.30. The van der Waals surface area contributed by atoms with Gasteiger partial charge in [0.1, 0.15) is 13.2 Å². The molecule has 0 saturated carbocycles. The third-order valence-corrected chi connectivity index (χ3v) is 11.0. The fraction of sp³-hybridized carbons (Fsp3) is 0.702. The number of allylic oxidation sites excluding steroid dienone is 14. The lowest BCUT2D eigenvalue weighted by molar-refractivity contribution is -0.167. The minimum absolute atomic E-state index is 0.112. The number of carbonyl (C=O) groups is 3. The van der Waals surface area contributed by atoms with Gasteiger partial charge in [-0.3, -0.25) is 14.4 Å². The second kappa shape index (κ2) is 51.2. The summed E-state index contributed by atoms with van der Waals surface area (Å²) in [7, 11) is 0. The van der Waals surface area contributed by atoms with Gasteiger partial charge in [0.2, 0.25) is 0 Å².